The molecule has 1 aromatic rings. The fourth-order valence-electron chi connectivity index (χ4n) is 2.18. The molecule has 1 fully saturated rings. The molecular formula is C14H17NO3S. The molecule has 0 unspecified atom stereocenters. The Morgan fingerprint density at radius 3 is 2.42 bits per heavy atom. The molecule has 0 aromatic heterocycles. The molecule has 1 aliphatic carbocycles. The van der Waals surface area contributed by atoms with Crippen molar-refractivity contribution in [2.45, 2.75) is 36.6 Å². The molecule has 4 nitrogen and oxygen atoms in total. The average Bonchev–Trinajstić information content (AvgIpc) is 2.89. The first kappa shape index (κ1) is 13.9. The highest BCUT2D eigenvalue weighted by molar-refractivity contribution is 8.00. The maximum Gasteiger partial charge on any atom is 0.335 e. The minimum absolute atomic E-state index is 0.0548. The van der Waals surface area contributed by atoms with Gasteiger partial charge < -0.3 is 10.4 Å². The van der Waals surface area contributed by atoms with Crippen LogP contribution in [0.1, 0.15) is 36.0 Å². The van der Waals surface area contributed by atoms with Crippen molar-refractivity contribution in [3.8, 4) is 0 Å². The molecule has 19 heavy (non-hydrogen) atoms. The number of hydrogen-bond acceptors (Lipinski definition) is 3. The van der Waals surface area contributed by atoms with Gasteiger partial charge in [-0.1, -0.05) is 12.8 Å². The number of nitrogens with one attached hydrogen (secondary N) is 1. The average molecular weight is 279 g/mol. The highest BCUT2D eigenvalue weighted by Crippen LogP contribution is 2.20. The van der Waals surface area contributed by atoms with Crippen LogP contribution < -0.4 is 5.32 Å². The lowest BCUT2D eigenvalue weighted by molar-refractivity contribution is -0.119. The molecule has 0 atom stereocenters. The molecule has 0 bridgehead atoms. The number of carboxylic acids is 1. The Balaban J connectivity index is 1.77. The third-order valence-electron chi connectivity index (χ3n) is 3.19. The van der Waals surface area contributed by atoms with Crippen molar-refractivity contribution in [2.75, 3.05) is 5.75 Å². The van der Waals surface area contributed by atoms with Gasteiger partial charge in [0.05, 0.1) is 11.3 Å². The molecular weight excluding hydrogens is 262 g/mol. The summed E-state index contributed by atoms with van der Waals surface area (Å²) in [4.78, 5) is 23.3. The second-order valence-corrected chi connectivity index (χ2v) is 5.72. The van der Waals surface area contributed by atoms with Crippen molar-refractivity contribution in [3.63, 3.8) is 0 Å². The van der Waals surface area contributed by atoms with Crippen LogP contribution in [0.15, 0.2) is 29.2 Å². The normalized spacial score (nSPS) is 15.4. The highest BCUT2D eigenvalue weighted by atomic mass is 32.2. The first-order valence-corrected chi connectivity index (χ1v) is 7.39. The monoisotopic (exact) mass is 279 g/mol. The van der Waals surface area contributed by atoms with Crippen molar-refractivity contribution in [3.05, 3.63) is 29.8 Å². The van der Waals surface area contributed by atoms with Gasteiger partial charge in [-0.2, -0.15) is 0 Å². The van der Waals surface area contributed by atoms with Crippen LogP contribution in [0.3, 0.4) is 0 Å². The van der Waals surface area contributed by atoms with Gasteiger partial charge in [-0.25, -0.2) is 4.79 Å². The standard InChI is InChI=1S/C14H17NO3S/c16-13(15-11-3-1-2-4-11)9-19-12-7-5-10(6-8-12)14(17)18/h5-8,11H,1-4,9H2,(H,15,16)(H,17,18). The smallest absolute Gasteiger partial charge is 0.335 e. The zero-order valence-corrected chi connectivity index (χ0v) is 11.4. The first-order chi connectivity index (χ1) is 9.15. The topological polar surface area (TPSA) is 66.4 Å². The van der Waals surface area contributed by atoms with E-state index in [-0.39, 0.29) is 11.5 Å². The molecule has 1 amide bonds. The van der Waals surface area contributed by atoms with Gasteiger partial charge >= 0.3 is 5.97 Å². The summed E-state index contributed by atoms with van der Waals surface area (Å²) in [7, 11) is 0. The SMILES string of the molecule is O=C(CSc1ccc(C(=O)O)cc1)NC1CCCC1. The fraction of sp³-hybridized carbons (Fsp3) is 0.429. The van der Waals surface area contributed by atoms with Crippen LogP contribution in [0.25, 0.3) is 0 Å². The van der Waals surface area contributed by atoms with Gasteiger partial charge in [0.25, 0.3) is 0 Å². The molecule has 0 spiro atoms. The van der Waals surface area contributed by atoms with Crippen molar-refractivity contribution >= 4 is 23.6 Å². The van der Waals surface area contributed by atoms with E-state index in [9.17, 15) is 9.59 Å². The van der Waals surface area contributed by atoms with Gasteiger partial charge in [0.1, 0.15) is 0 Å². The summed E-state index contributed by atoms with van der Waals surface area (Å²) in [5.41, 5.74) is 0.264. The fourth-order valence-corrected chi connectivity index (χ4v) is 2.89. The van der Waals surface area contributed by atoms with Gasteiger partial charge in [-0.15, -0.1) is 11.8 Å². The lowest BCUT2D eigenvalue weighted by Crippen LogP contribution is -2.33. The van der Waals surface area contributed by atoms with E-state index in [0.717, 1.165) is 17.7 Å². The Kier molecular flexibility index (Phi) is 4.85. The summed E-state index contributed by atoms with van der Waals surface area (Å²) in [5, 5.41) is 11.8. The summed E-state index contributed by atoms with van der Waals surface area (Å²) in [6, 6.07) is 6.93. The molecule has 0 radical (unpaired) electrons. The van der Waals surface area contributed by atoms with Gasteiger partial charge in [0.15, 0.2) is 0 Å². The van der Waals surface area contributed by atoms with E-state index in [1.54, 1.807) is 24.3 Å². The molecule has 0 heterocycles. The number of carbonyl (C=O) groups excluding carboxylic acids is 1. The molecule has 5 heteroatoms. The summed E-state index contributed by atoms with van der Waals surface area (Å²) in [5.74, 6) is -0.502. The minimum Gasteiger partial charge on any atom is -0.478 e. The number of thioether (sulfide) groups is 1. The molecule has 0 aliphatic heterocycles. The van der Waals surface area contributed by atoms with Crippen molar-refractivity contribution < 1.29 is 14.7 Å². The van der Waals surface area contributed by atoms with E-state index in [0.29, 0.717) is 11.8 Å². The number of hydrogen-bond donors (Lipinski definition) is 2. The first-order valence-electron chi connectivity index (χ1n) is 6.40. The Morgan fingerprint density at radius 1 is 1.21 bits per heavy atom. The second kappa shape index (κ2) is 6.61. The predicted molar refractivity (Wildman–Crippen MR) is 74.5 cm³/mol. The van der Waals surface area contributed by atoms with Crippen LogP contribution in [0.2, 0.25) is 0 Å². The van der Waals surface area contributed by atoms with Gasteiger partial charge in [-0.3, -0.25) is 4.79 Å². The minimum atomic E-state index is -0.935. The molecule has 2 N–H and O–H groups in total. The molecule has 0 saturated heterocycles. The maximum absolute atomic E-state index is 11.7. The van der Waals surface area contributed by atoms with E-state index < -0.39 is 5.97 Å². The Labute approximate surface area is 116 Å². The van der Waals surface area contributed by atoms with Crippen LogP contribution in [0.5, 0.6) is 0 Å². The lowest BCUT2D eigenvalue weighted by atomic mass is 10.2. The summed E-state index contributed by atoms with van der Waals surface area (Å²) in [6.45, 7) is 0. The third-order valence-corrected chi connectivity index (χ3v) is 4.20. The van der Waals surface area contributed by atoms with E-state index >= 15 is 0 Å². The Bertz CT molecular complexity index is 452. The number of benzene rings is 1. The van der Waals surface area contributed by atoms with Crippen LogP contribution in [-0.4, -0.2) is 28.8 Å². The van der Waals surface area contributed by atoms with Crippen molar-refractivity contribution in [1.29, 1.82) is 0 Å². The predicted octanol–water partition coefficient (Wildman–Crippen LogP) is 2.54. The Morgan fingerprint density at radius 2 is 1.84 bits per heavy atom. The second-order valence-electron chi connectivity index (χ2n) is 4.67. The van der Waals surface area contributed by atoms with Crippen molar-refractivity contribution in [2.24, 2.45) is 0 Å². The zero-order valence-electron chi connectivity index (χ0n) is 10.6. The van der Waals surface area contributed by atoms with Crippen LogP contribution in [0, 0.1) is 0 Å². The largest absolute Gasteiger partial charge is 0.478 e. The van der Waals surface area contributed by atoms with Gasteiger partial charge in [-0.05, 0) is 37.1 Å². The van der Waals surface area contributed by atoms with Crippen LogP contribution >= 0.6 is 11.8 Å². The number of carboxylic acid groups (broad SMARTS) is 1. The maximum atomic E-state index is 11.7. The quantitative estimate of drug-likeness (QED) is 0.813. The summed E-state index contributed by atoms with van der Waals surface area (Å²) < 4.78 is 0. The molecule has 1 aliphatic rings. The Hall–Kier alpha value is -1.49. The number of amides is 1. The zero-order chi connectivity index (χ0) is 13.7. The summed E-state index contributed by atoms with van der Waals surface area (Å²) in [6.07, 6.45) is 4.58. The lowest BCUT2D eigenvalue weighted by Gasteiger charge is -2.11. The van der Waals surface area contributed by atoms with E-state index in [1.807, 2.05) is 0 Å². The van der Waals surface area contributed by atoms with Crippen LogP contribution in [0.4, 0.5) is 0 Å². The third kappa shape index (κ3) is 4.28. The molecule has 2 rings (SSSR count). The number of rotatable bonds is 5. The highest BCUT2D eigenvalue weighted by Gasteiger charge is 2.16. The molecule has 1 aromatic carbocycles. The number of carbonyl (C=O) groups is 2. The molecule has 1 saturated carbocycles. The molecule has 102 valence electrons. The van der Waals surface area contributed by atoms with E-state index in [2.05, 4.69) is 5.32 Å². The van der Waals surface area contributed by atoms with Gasteiger partial charge in [0.2, 0.25) is 5.91 Å². The number of aromatic carboxylic acids is 1. The van der Waals surface area contributed by atoms with Crippen LogP contribution in [-0.2, 0) is 4.79 Å². The van der Waals surface area contributed by atoms with Gasteiger partial charge in [0, 0.05) is 10.9 Å². The van der Waals surface area contributed by atoms with Crippen molar-refractivity contribution in [1.82, 2.24) is 5.32 Å². The summed E-state index contributed by atoms with van der Waals surface area (Å²) >= 11 is 1.43. The van der Waals surface area contributed by atoms with E-state index in [1.165, 1.54) is 24.6 Å². The van der Waals surface area contributed by atoms with E-state index in [4.69, 9.17) is 5.11 Å².